The van der Waals surface area contributed by atoms with Gasteiger partial charge in [0.15, 0.2) is 0 Å². The van der Waals surface area contributed by atoms with Gasteiger partial charge < -0.3 is 11.1 Å². The van der Waals surface area contributed by atoms with E-state index in [9.17, 15) is 4.79 Å². The van der Waals surface area contributed by atoms with Crippen molar-refractivity contribution in [2.75, 3.05) is 12.3 Å². The van der Waals surface area contributed by atoms with E-state index in [2.05, 4.69) is 25.2 Å². The van der Waals surface area contributed by atoms with Gasteiger partial charge in [-0.15, -0.1) is 11.3 Å². The normalized spacial score (nSPS) is 17.6. The predicted molar refractivity (Wildman–Crippen MR) is 88.6 cm³/mol. The van der Waals surface area contributed by atoms with E-state index < -0.39 is 0 Å². The van der Waals surface area contributed by atoms with Gasteiger partial charge in [-0.25, -0.2) is 0 Å². The van der Waals surface area contributed by atoms with Crippen LogP contribution in [0, 0.1) is 5.92 Å². The Balaban J connectivity index is 2.09. The highest BCUT2D eigenvalue weighted by Crippen LogP contribution is 2.32. The molecule has 1 aromatic heterocycles. The molecule has 0 saturated carbocycles. The first kappa shape index (κ1) is 15.9. The van der Waals surface area contributed by atoms with Crippen LogP contribution in [0.2, 0.25) is 0 Å². The summed E-state index contributed by atoms with van der Waals surface area (Å²) in [6.07, 6.45) is 1.99. The molecule has 0 aromatic carbocycles. The fraction of sp³-hybridized carbons (Fsp3) is 0.667. The Morgan fingerprint density at radius 2 is 2.30 bits per heavy atom. The van der Waals surface area contributed by atoms with Crippen molar-refractivity contribution in [3.8, 4) is 0 Å². The number of thiophene rings is 1. The Morgan fingerprint density at radius 3 is 2.90 bits per heavy atom. The zero-order chi connectivity index (χ0) is 14.8. The summed E-state index contributed by atoms with van der Waals surface area (Å²) in [6.45, 7) is 6.81. The lowest BCUT2D eigenvalue weighted by Gasteiger charge is -2.31. The predicted octanol–water partition coefficient (Wildman–Crippen LogP) is 3.03. The van der Waals surface area contributed by atoms with Gasteiger partial charge in [0.1, 0.15) is 0 Å². The second kappa shape index (κ2) is 6.50. The van der Waals surface area contributed by atoms with Crippen LogP contribution in [-0.2, 0) is 12.2 Å². The lowest BCUT2D eigenvalue weighted by atomic mass is 9.90. The Morgan fingerprint density at radius 1 is 1.55 bits per heavy atom. The topological polar surface area (TPSA) is 55.1 Å². The number of aryl methyl sites for hydroxylation is 1. The van der Waals surface area contributed by atoms with Crippen molar-refractivity contribution in [2.24, 2.45) is 11.7 Å². The first-order valence-corrected chi connectivity index (χ1v) is 9.12. The SMILES string of the molecule is CC(C)CC(C)(CN)NC(=O)c1cc2c(s1)CCSC2. The van der Waals surface area contributed by atoms with Gasteiger partial charge in [0.2, 0.25) is 0 Å². The highest BCUT2D eigenvalue weighted by Gasteiger charge is 2.27. The highest BCUT2D eigenvalue weighted by molar-refractivity contribution is 7.98. The van der Waals surface area contributed by atoms with Crippen molar-refractivity contribution < 1.29 is 4.79 Å². The van der Waals surface area contributed by atoms with Crippen LogP contribution >= 0.6 is 23.1 Å². The molecule has 0 radical (unpaired) electrons. The third-order valence-corrected chi connectivity index (χ3v) is 5.82. The van der Waals surface area contributed by atoms with Gasteiger partial charge in [0, 0.05) is 17.2 Å². The molecule has 1 amide bonds. The van der Waals surface area contributed by atoms with Crippen LogP contribution in [0.15, 0.2) is 6.07 Å². The molecule has 0 bridgehead atoms. The minimum atomic E-state index is -0.315. The first-order chi connectivity index (χ1) is 9.43. The maximum absolute atomic E-state index is 12.5. The number of nitrogens with one attached hydrogen (secondary N) is 1. The van der Waals surface area contributed by atoms with Crippen molar-refractivity contribution in [2.45, 2.75) is 44.9 Å². The molecule has 0 saturated heterocycles. The Labute approximate surface area is 129 Å². The van der Waals surface area contributed by atoms with Gasteiger partial charge in [-0.2, -0.15) is 11.8 Å². The molecule has 1 unspecified atom stereocenters. The van der Waals surface area contributed by atoms with Gasteiger partial charge in [-0.1, -0.05) is 13.8 Å². The minimum Gasteiger partial charge on any atom is -0.345 e. The summed E-state index contributed by atoms with van der Waals surface area (Å²) in [5.74, 6) is 2.75. The number of rotatable bonds is 5. The number of amides is 1. The zero-order valence-corrected chi connectivity index (χ0v) is 14.1. The van der Waals surface area contributed by atoms with Gasteiger partial charge in [0.25, 0.3) is 5.91 Å². The van der Waals surface area contributed by atoms with E-state index in [4.69, 9.17) is 5.73 Å². The van der Waals surface area contributed by atoms with Crippen LogP contribution in [0.25, 0.3) is 0 Å². The van der Waals surface area contributed by atoms with Crippen molar-refractivity contribution in [3.05, 3.63) is 21.4 Å². The largest absolute Gasteiger partial charge is 0.345 e. The molecular weight excluding hydrogens is 288 g/mol. The van der Waals surface area contributed by atoms with E-state index in [-0.39, 0.29) is 11.4 Å². The number of thioether (sulfide) groups is 1. The molecule has 2 heterocycles. The van der Waals surface area contributed by atoms with Crippen LogP contribution in [0.1, 0.15) is 47.3 Å². The van der Waals surface area contributed by atoms with Gasteiger partial charge in [-0.05, 0) is 43.1 Å². The van der Waals surface area contributed by atoms with Crippen LogP contribution in [0.4, 0.5) is 0 Å². The fourth-order valence-electron chi connectivity index (χ4n) is 2.68. The average molecular weight is 313 g/mol. The molecule has 1 aliphatic heterocycles. The summed E-state index contributed by atoms with van der Waals surface area (Å²) in [4.78, 5) is 14.7. The summed E-state index contributed by atoms with van der Waals surface area (Å²) in [6, 6.07) is 2.06. The quantitative estimate of drug-likeness (QED) is 0.878. The molecule has 0 spiro atoms. The third kappa shape index (κ3) is 3.77. The summed E-state index contributed by atoms with van der Waals surface area (Å²) in [5.41, 5.74) is 6.89. The molecule has 1 atom stereocenters. The molecular formula is C15H24N2OS2. The van der Waals surface area contributed by atoms with Crippen LogP contribution in [0.5, 0.6) is 0 Å². The number of hydrogen-bond acceptors (Lipinski definition) is 4. The van der Waals surface area contributed by atoms with E-state index >= 15 is 0 Å². The zero-order valence-electron chi connectivity index (χ0n) is 12.5. The van der Waals surface area contributed by atoms with Crippen molar-refractivity contribution in [1.29, 1.82) is 0 Å². The van der Waals surface area contributed by atoms with Crippen molar-refractivity contribution in [1.82, 2.24) is 5.32 Å². The van der Waals surface area contributed by atoms with Crippen molar-refractivity contribution in [3.63, 3.8) is 0 Å². The molecule has 112 valence electrons. The number of nitrogens with two attached hydrogens (primary N) is 1. The lowest BCUT2D eigenvalue weighted by molar-refractivity contribution is 0.0902. The van der Waals surface area contributed by atoms with Crippen molar-refractivity contribution >= 4 is 29.0 Å². The summed E-state index contributed by atoms with van der Waals surface area (Å²) >= 11 is 3.59. The lowest BCUT2D eigenvalue weighted by Crippen LogP contribution is -2.52. The first-order valence-electron chi connectivity index (χ1n) is 7.15. The Hall–Kier alpha value is -0.520. The second-order valence-corrected chi connectivity index (χ2v) is 8.42. The molecule has 5 heteroatoms. The summed E-state index contributed by atoms with van der Waals surface area (Å²) in [7, 11) is 0. The third-order valence-electron chi connectivity index (χ3n) is 3.58. The maximum Gasteiger partial charge on any atom is 0.261 e. The molecule has 3 N–H and O–H groups in total. The van der Waals surface area contributed by atoms with Crippen LogP contribution in [-0.4, -0.2) is 23.7 Å². The summed E-state index contributed by atoms with van der Waals surface area (Å²) in [5, 5.41) is 3.14. The molecule has 3 nitrogen and oxygen atoms in total. The number of fused-ring (bicyclic) bond motifs is 1. The fourth-order valence-corrected chi connectivity index (χ4v) is 4.95. The van der Waals surface area contributed by atoms with E-state index in [0.717, 1.165) is 23.5 Å². The van der Waals surface area contributed by atoms with Gasteiger partial charge in [0.05, 0.1) is 10.4 Å². The van der Waals surface area contributed by atoms with Gasteiger partial charge >= 0.3 is 0 Å². The number of carbonyl (C=O) groups excluding carboxylic acids is 1. The smallest absolute Gasteiger partial charge is 0.261 e. The number of hydrogen-bond donors (Lipinski definition) is 2. The number of carbonyl (C=O) groups is 1. The van der Waals surface area contributed by atoms with Gasteiger partial charge in [-0.3, -0.25) is 4.79 Å². The second-order valence-electron chi connectivity index (χ2n) is 6.18. The highest BCUT2D eigenvalue weighted by atomic mass is 32.2. The molecule has 0 aliphatic carbocycles. The average Bonchev–Trinajstić information content (AvgIpc) is 2.81. The minimum absolute atomic E-state index is 0.0306. The Kier molecular flexibility index (Phi) is 5.15. The van der Waals surface area contributed by atoms with Crippen LogP contribution < -0.4 is 11.1 Å². The van der Waals surface area contributed by atoms with Crippen LogP contribution in [0.3, 0.4) is 0 Å². The molecule has 20 heavy (non-hydrogen) atoms. The molecule has 1 aliphatic rings. The van der Waals surface area contributed by atoms with E-state index in [1.54, 1.807) is 11.3 Å². The molecule has 1 aromatic rings. The molecule has 2 rings (SSSR count). The Bertz CT molecular complexity index is 461. The standard InChI is InChI=1S/C15H24N2OS2/c1-10(2)7-15(3,9-16)17-14(18)13-6-11-8-19-5-4-12(11)20-13/h6,10H,4-5,7-9,16H2,1-3H3,(H,17,18). The monoisotopic (exact) mass is 312 g/mol. The molecule has 0 fully saturated rings. The van der Waals surface area contributed by atoms with E-state index in [1.807, 2.05) is 18.7 Å². The van der Waals surface area contributed by atoms with E-state index in [0.29, 0.717) is 12.5 Å². The maximum atomic E-state index is 12.5. The summed E-state index contributed by atoms with van der Waals surface area (Å²) < 4.78 is 0. The van der Waals surface area contributed by atoms with E-state index in [1.165, 1.54) is 16.2 Å².